The van der Waals surface area contributed by atoms with Crippen LogP contribution in [0.15, 0.2) is 11.0 Å². The fraction of sp³-hybridized carbons (Fsp3) is 0.680. The molecule has 10 nitrogen and oxygen atoms in total. The topological polar surface area (TPSA) is 132 Å². The van der Waals surface area contributed by atoms with Crippen molar-refractivity contribution in [2.45, 2.75) is 97.2 Å². The van der Waals surface area contributed by atoms with Crippen molar-refractivity contribution in [3.05, 3.63) is 22.1 Å². The number of unbranched alkanes of at least 4 members (excludes halogenated alkanes) is 4. The van der Waals surface area contributed by atoms with E-state index >= 15 is 0 Å². The molecule has 0 unspecified atom stereocenters. The zero-order valence-electron chi connectivity index (χ0n) is 21.5. The van der Waals surface area contributed by atoms with Crippen LogP contribution in [-0.2, 0) is 16.1 Å². The van der Waals surface area contributed by atoms with Crippen molar-refractivity contribution in [1.82, 2.24) is 25.2 Å². The van der Waals surface area contributed by atoms with Crippen LogP contribution in [0.5, 0.6) is 0 Å². The van der Waals surface area contributed by atoms with Crippen LogP contribution in [0.2, 0.25) is 0 Å². The molecule has 1 aliphatic heterocycles. The first-order valence-electron chi connectivity index (χ1n) is 12.8. The Morgan fingerprint density at radius 1 is 1.17 bits per heavy atom. The number of aromatic nitrogens is 3. The third-order valence-corrected chi connectivity index (χ3v) is 6.09. The highest BCUT2D eigenvalue weighted by molar-refractivity contribution is 5.90. The summed E-state index contributed by atoms with van der Waals surface area (Å²) < 4.78 is 5.34. The number of anilines is 1. The van der Waals surface area contributed by atoms with E-state index in [-0.39, 0.29) is 29.5 Å². The second kappa shape index (κ2) is 12.2. The molecule has 0 atom stereocenters. The highest BCUT2D eigenvalue weighted by atomic mass is 16.6. The van der Waals surface area contributed by atoms with Crippen molar-refractivity contribution < 1.29 is 14.3 Å². The van der Waals surface area contributed by atoms with Crippen LogP contribution in [0.25, 0.3) is 11.0 Å². The highest BCUT2D eigenvalue weighted by Crippen LogP contribution is 2.19. The molecule has 194 valence electrons. The first-order valence-corrected chi connectivity index (χ1v) is 12.8. The summed E-state index contributed by atoms with van der Waals surface area (Å²) >= 11 is 0. The van der Waals surface area contributed by atoms with E-state index in [0.29, 0.717) is 24.0 Å². The van der Waals surface area contributed by atoms with Crippen molar-refractivity contribution in [2.75, 3.05) is 18.4 Å². The summed E-state index contributed by atoms with van der Waals surface area (Å²) in [5, 5.41) is 6.16. The Morgan fingerprint density at radius 2 is 1.89 bits per heavy atom. The van der Waals surface area contributed by atoms with Gasteiger partial charge >= 0.3 is 6.09 Å². The summed E-state index contributed by atoms with van der Waals surface area (Å²) in [5.74, 6) is 0.0297. The first-order chi connectivity index (χ1) is 16.6. The smallest absolute Gasteiger partial charge is 0.407 e. The van der Waals surface area contributed by atoms with E-state index in [2.05, 4.69) is 37.4 Å². The molecular formula is C25H40N6O4. The number of hydrogen-bond acceptors (Lipinski definition) is 6. The minimum absolute atomic E-state index is 0.0759. The van der Waals surface area contributed by atoms with E-state index in [1.165, 1.54) is 12.8 Å². The molecule has 10 heteroatoms. The molecule has 0 aromatic carbocycles. The minimum atomic E-state index is -0.516. The molecule has 3 rings (SSSR count). The summed E-state index contributed by atoms with van der Waals surface area (Å²) in [5.41, 5.74) is 0.536. The summed E-state index contributed by atoms with van der Waals surface area (Å²) in [6, 6.07) is 0.0759. The van der Waals surface area contributed by atoms with E-state index in [0.717, 1.165) is 50.8 Å². The lowest BCUT2D eigenvalue weighted by atomic mass is 10.0. The molecule has 2 amide bonds. The van der Waals surface area contributed by atoms with Gasteiger partial charge in [-0.25, -0.2) is 4.79 Å². The fourth-order valence-corrected chi connectivity index (χ4v) is 4.32. The fourth-order valence-electron chi connectivity index (χ4n) is 4.32. The molecule has 2 aromatic rings. The first kappa shape index (κ1) is 26.7. The number of nitrogens with one attached hydrogen (secondary N) is 4. The van der Waals surface area contributed by atoms with Crippen LogP contribution < -0.4 is 16.2 Å². The number of ether oxygens (including phenoxy) is 1. The van der Waals surface area contributed by atoms with Crippen molar-refractivity contribution >= 4 is 29.0 Å². The number of fused-ring (bicyclic) bond motifs is 1. The molecule has 0 saturated carbocycles. The quantitative estimate of drug-likeness (QED) is 0.373. The minimum Gasteiger partial charge on any atom is -0.444 e. The number of alkyl carbamates (subject to hydrolysis) is 1. The van der Waals surface area contributed by atoms with Gasteiger partial charge in [-0.1, -0.05) is 32.6 Å². The molecule has 1 fully saturated rings. The lowest BCUT2D eigenvalue weighted by Gasteiger charge is -2.32. The molecule has 0 spiro atoms. The van der Waals surface area contributed by atoms with Gasteiger partial charge in [-0.3, -0.25) is 24.8 Å². The maximum absolute atomic E-state index is 12.8. The SMILES string of the molecule is CCCCCCCC(=O)Nc1nc2[nH]cc(CN3CCC(NC(=O)OC(C)(C)C)CC3)c2c(=O)[nH]1. The zero-order chi connectivity index (χ0) is 25.4. The van der Waals surface area contributed by atoms with Crippen molar-refractivity contribution in [3.63, 3.8) is 0 Å². The third-order valence-electron chi connectivity index (χ3n) is 6.09. The second-order valence-corrected chi connectivity index (χ2v) is 10.4. The normalized spacial score (nSPS) is 15.3. The Bertz CT molecular complexity index is 1050. The van der Waals surface area contributed by atoms with Crippen LogP contribution in [0.4, 0.5) is 10.7 Å². The number of likely N-dealkylation sites (tertiary alicyclic amines) is 1. The van der Waals surface area contributed by atoms with E-state index in [4.69, 9.17) is 4.74 Å². The van der Waals surface area contributed by atoms with Crippen molar-refractivity contribution in [2.24, 2.45) is 0 Å². The molecule has 1 saturated heterocycles. The molecule has 4 N–H and O–H groups in total. The number of rotatable bonds is 10. The Balaban J connectivity index is 1.52. The number of H-pyrrole nitrogens is 2. The Kier molecular flexibility index (Phi) is 9.31. The van der Waals surface area contributed by atoms with Gasteiger partial charge in [0.05, 0.1) is 5.39 Å². The maximum Gasteiger partial charge on any atom is 0.407 e. The summed E-state index contributed by atoms with van der Waals surface area (Å²) in [7, 11) is 0. The van der Waals surface area contributed by atoms with E-state index < -0.39 is 5.60 Å². The average molecular weight is 489 g/mol. The van der Waals surface area contributed by atoms with Gasteiger partial charge in [0.2, 0.25) is 11.9 Å². The Labute approximate surface area is 206 Å². The number of nitrogens with zero attached hydrogens (tertiary/aromatic N) is 2. The highest BCUT2D eigenvalue weighted by Gasteiger charge is 2.24. The third kappa shape index (κ3) is 8.38. The van der Waals surface area contributed by atoms with Gasteiger partial charge in [-0.15, -0.1) is 0 Å². The predicted octanol–water partition coefficient (Wildman–Crippen LogP) is 4.04. The van der Waals surface area contributed by atoms with E-state index in [1.807, 2.05) is 20.8 Å². The zero-order valence-corrected chi connectivity index (χ0v) is 21.5. The standard InChI is InChI=1S/C25H40N6O4/c1-5-6-7-8-9-10-19(32)28-23-29-21-20(22(33)30-23)17(15-26-21)16-31-13-11-18(12-14-31)27-24(34)35-25(2,3)4/h15,18H,5-14,16H2,1-4H3,(H,27,34)(H3,26,28,29,30,32,33). The Morgan fingerprint density at radius 3 is 2.57 bits per heavy atom. The van der Waals surface area contributed by atoms with E-state index in [9.17, 15) is 14.4 Å². The number of piperidine rings is 1. The van der Waals surface area contributed by atoms with Gasteiger partial charge in [0.15, 0.2) is 0 Å². The molecule has 3 heterocycles. The molecule has 0 aliphatic carbocycles. The van der Waals surface area contributed by atoms with Gasteiger partial charge in [0, 0.05) is 38.3 Å². The van der Waals surface area contributed by atoms with Gasteiger partial charge in [-0.05, 0) is 45.6 Å². The predicted molar refractivity (Wildman–Crippen MR) is 136 cm³/mol. The number of amides is 2. The van der Waals surface area contributed by atoms with Crippen LogP contribution >= 0.6 is 0 Å². The second-order valence-electron chi connectivity index (χ2n) is 10.4. The van der Waals surface area contributed by atoms with Crippen molar-refractivity contribution in [3.8, 4) is 0 Å². The molecular weight excluding hydrogens is 448 g/mol. The van der Waals surface area contributed by atoms with Crippen LogP contribution in [0, 0.1) is 0 Å². The monoisotopic (exact) mass is 488 g/mol. The van der Waals surface area contributed by atoms with Crippen LogP contribution in [0.3, 0.4) is 0 Å². The lowest BCUT2D eigenvalue weighted by Crippen LogP contribution is -2.45. The van der Waals surface area contributed by atoms with Crippen LogP contribution in [0.1, 0.15) is 84.6 Å². The average Bonchev–Trinajstić information content (AvgIpc) is 3.16. The van der Waals surface area contributed by atoms with Crippen LogP contribution in [-0.4, -0.2) is 56.6 Å². The molecule has 35 heavy (non-hydrogen) atoms. The molecule has 0 bridgehead atoms. The number of carbonyl (C=O) groups excluding carboxylic acids is 2. The van der Waals surface area contributed by atoms with Gasteiger partial charge < -0.3 is 15.0 Å². The molecule has 2 aromatic heterocycles. The van der Waals surface area contributed by atoms with Gasteiger partial charge in [0.1, 0.15) is 11.2 Å². The number of carbonyl (C=O) groups is 2. The van der Waals surface area contributed by atoms with E-state index in [1.54, 1.807) is 6.20 Å². The number of hydrogen-bond donors (Lipinski definition) is 4. The van der Waals surface area contributed by atoms with Gasteiger partial charge in [0.25, 0.3) is 5.56 Å². The molecule has 0 radical (unpaired) electrons. The summed E-state index contributed by atoms with van der Waals surface area (Å²) in [4.78, 5) is 49.4. The Hall–Kier alpha value is -2.88. The van der Waals surface area contributed by atoms with Gasteiger partial charge in [-0.2, -0.15) is 4.98 Å². The lowest BCUT2D eigenvalue weighted by molar-refractivity contribution is -0.116. The summed E-state index contributed by atoms with van der Waals surface area (Å²) in [6.45, 7) is 9.90. The largest absolute Gasteiger partial charge is 0.444 e. The number of aromatic amines is 2. The maximum atomic E-state index is 12.8. The molecule has 1 aliphatic rings. The summed E-state index contributed by atoms with van der Waals surface area (Å²) in [6.07, 6.45) is 8.79. The van der Waals surface area contributed by atoms with Crippen molar-refractivity contribution in [1.29, 1.82) is 0 Å².